The van der Waals surface area contributed by atoms with Gasteiger partial charge in [0, 0.05) is 11.6 Å². The zero-order chi connectivity index (χ0) is 20.5. The van der Waals surface area contributed by atoms with Crippen molar-refractivity contribution in [3.63, 3.8) is 0 Å². The van der Waals surface area contributed by atoms with Crippen LogP contribution in [0, 0.1) is 0 Å². The zero-order valence-corrected chi connectivity index (χ0v) is 17.4. The van der Waals surface area contributed by atoms with Crippen LogP contribution >= 0.6 is 0 Å². The van der Waals surface area contributed by atoms with Crippen molar-refractivity contribution < 1.29 is 17.9 Å². The fourth-order valence-electron chi connectivity index (χ4n) is 2.76. The Morgan fingerprint density at radius 1 is 1.11 bits per heavy atom. The molecule has 0 bridgehead atoms. The second kappa shape index (κ2) is 7.56. The molecule has 28 heavy (non-hydrogen) atoms. The van der Waals surface area contributed by atoms with E-state index >= 15 is 0 Å². The normalized spacial score (nSPS) is 14.6. The quantitative estimate of drug-likeness (QED) is 0.772. The average Bonchev–Trinajstić information content (AvgIpc) is 3.44. The Labute approximate surface area is 166 Å². The van der Waals surface area contributed by atoms with E-state index in [9.17, 15) is 13.2 Å². The van der Waals surface area contributed by atoms with Crippen LogP contribution in [0.25, 0.3) is 0 Å². The maximum absolute atomic E-state index is 12.8. The summed E-state index contributed by atoms with van der Waals surface area (Å²) in [4.78, 5) is 12.9. The Morgan fingerprint density at radius 2 is 1.82 bits per heavy atom. The standard InChI is InChI=1S/C21H26N2O4S/c1-21(2,3)15-8-11-19(27-4)18(13-15)22-20(24)14-6-5-7-17(12-14)28(25,26)23-16-9-10-16/h5-8,11-13,16,23H,9-10H2,1-4H3,(H,22,24). The van der Waals surface area contributed by atoms with Crippen molar-refractivity contribution in [2.24, 2.45) is 0 Å². The van der Waals surface area contributed by atoms with Gasteiger partial charge in [-0.3, -0.25) is 4.79 Å². The number of rotatable bonds is 6. The lowest BCUT2D eigenvalue weighted by Gasteiger charge is -2.21. The first-order valence-corrected chi connectivity index (χ1v) is 10.7. The number of ether oxygens (including phenoxy) is 1. The molecule has 2 aromatic rings. The number of carbonyl (C=O) groups excluding carboxylic acids is 1. The molecule has 0 aliphatic heterocycles. The second-order valence-electron chi connectivity index (χ2n) is 8.04. The number of hydrogen-bond donors (Lipinski definition) is 2. The molecule has 1 amide bonds. The predicted molar refractivity (Wildman–Crippen MR) is 109 cm³/mol. The number of amides is 1. The SMILES string of the molecule is COc1ccc(C(C)(C)C)cc1NC(=O)c1cccc(S(=O)(=O)NC2CC2)c1. The van der Waals surface area contributed by atoms with Crippen LogP contribution in [0.2, 0.25) is 0 Å². The summed E-state index contributed by atoms with van der Waals surface area (Å²) < 4.78 is 32.8. The maximum Gasteiger partial charge on any atom is 0.255 e. The Balaban J connectivity index is 1.86. The average molecular weight is 403 g/mol. The van der Waals surface area contributed by atoms with Crippen LogP contribution < -0.4 is 14.8 Å². The van der Waals surface area contributed by atoms with E-state index in [-0.39, 0.29) is 21.9 Å². The Morgan fingerprint density at radius 3 is 2.43 bits per heavy atom. The molecule has 1 aliphatic rings. The van der Waals surface area contributed by atoms with Crippen LogP contribution in [0.4, 0.5) is 5.69 Å². The van der Waals surface area contributed by atoms with Gasteiger partial charge in [-0.05, 0) is 54.2 Å². The second-order valence-corrected chi connectivity index (χ2v) is 9.76. The molecule has 0 heterocycles. The van der Waals surface area contributed by atoms with Crippen molar-refractivity contribution in [1.82, 2.24) is 4.72 Å². The maximum atomic E-state index is 12.8. The summed E-state index contributed by atoms with van der Waals surface area (Å²) in [5, 5.41) is 2.84. The first kappa shape index (κ1) is 20.4. The molecule has 1 aliphatic carbocycles. The topological polar surface area (TPSA) is 84.5 Å². The number of hydrogen-bond acceptors (Lipinski definition) is 4. The number of benzene rings is 2. The molecule has 0 aromatic heterocycles. The van der Waals surface area contributed by atoms with Crippen molar-refractivity contribution in [2.75, 3.05) is 12.4 Å². The third-order valence-corrected chi connectivity index (χ3v) is 6.14. The summed E-state index contributed by atoms with van der Waals surface area (Å²) in [6.07, 6.45) is 1.70. The van der Waals surface area contributed by atoms with Crippen molar-refractivity contribution in [2.45, 2.75) is 50.0 Å². The van der Waals surface area contributed by atoms with Crippen LogP contribution in [-0.2, 0) is 15.4 Å². The van der Waals surface area contributed by atoms with Gasteiger partial charge in [-0.25, -0.2) is 13.1 Å². The summed E-state index contributed by atoms with van der Waals surface area (Å²) in [5.74, 6) is 0.147. The highest BCUT2D eigenvalue weighted by Gasteiger charge is 2.28. The van der Waals surface area contributed by atoms with Gasteiger partial charge in [0.15, 0.2) is 0 Å². The molecule has 2 aromatic carbocycles. The summed E-state index contributed by atoms with van der Waals surface area (Å²) in [6, 6.07) is 11.7. The Bertz CT molecular complexity index is 990. The lowest BCUT2D eigenvalue weighted by atomic mass is 9.87. The van der Waals surface area contributed by atoms with Gasteiger partial charge in [-0.2, -0.15) is 0 Å². The molecule has 0 unspecified atom stereocenters. The van der Waals surface area contributed by atoms with E-state index in [0.717, 1.165) is 18.4 Å². The van der Waals surface area contributed by atoms with E-state index in [2.05, 4.69) is 30.8 Å². The van der Waals surface area contributed by atoms with E-state index in [1.807, 2.05) is 18.2 Å². The molecule has 7 heteroatoms. The third-order valence-electron chi connectivity index (χ3n) is 4.62. The van der Waals surface area contributed by atoms with Crippen LogP contribution in [0.3, 0.4) is 0 Å². The number of carbonyl (C=O) groups is 1. The van der Waals surface area contributed by atoms with Crippen LogP contribution in [0.15, 0.2) is 47.4 Å². The van der Waals surface area contributed by atoms with Crippen LogP contribution in [0.5, 0.6) is 5.75 Å². The first-order valence-electron chi connectivity index (χ1n) is 9.22. The molecule has 0 radical (unpaired) electrons. The number of anilines is 1. The van der Waals surface area contributed by atoms with Gasteiger partial charge in [0.2, 0.25) is 10.0 Å². The van der Waals surface area contributed by atoms with E-state index in [0.29, 0.717) is 11.4 Å². The Kier molecular flexibility index (Phi) is 5.50. The number of methoxy groups -OCH3 is 1. The lowest BCUT2D eigenvalue weighted by Crippen LogP contribution is -2.26. The summed E-state index contributed by atoms with van der Waals surface area (Å²) in [7, 11) is -2.08. The van der Waals surface area contributed by atoms with Gasteiger partial charge >= 0.3 is 0 Å². The van der Waals surface area contributed by atoms with Crippen LogP contribution in [0.1, 0.15) is 49.5 Å². The summed E-state index contributed by atoms with van der Waals surface area (Å²) in [6.45, 7) is 6.25. The van der Waals surface area contributed by atoms with Crippen molar-refractivity contribution in [3.05, 3.63) is 53.6 Å². The highest BCUT2D eigenvalue weighted by Crippen LogP contribution is 2.32. The smallest absolute Gasteiger partial charge is 0.255 e. The van der Waals surface area contributed by atoms with Crippen LogP contribution in [-0.4, -0.2) is 27.5 Å². The predicted octanol–water partition coefficient (Wildman–Crippen LogP) is 3.69. The fraction of sp³-hybridized carbons (Fsp3) is 0.381. The minimum atomic E-state index is -3.62. The fourth-order valence-corrected chi connectivity index (χ4v) is 4.11. The molecular formula is C21H26N2O4S. The Hall–Kier alpha value is -2.38. The minimum Gasteiger partial charge on any atom is -0.495 e. The molecule has 150 valence electrons. The van der Waals surface area contributed by atoms with E-state index in [4.69, 9.17) is 4.74 Å². The first-order chi connectivity index (χ1) is 13.1. The zero-order valence-electron chi connectivity index (χ0n) is 16.6. The molecule has 6 nitrogen and oxygen atoms in total. The van der Waals surface area contributed by atoms with Gasteiger partial charge in [0.25, 0.3) is 5.91 Å². The minimum absolute atomic E-state index is 0.00637. The number of nitrogens with one attached hydrogen (secondary N) is 2. The third kappa shape index (κ3) is 4.72. The number of sulfonamides is 1. The summed E-state index contributed by atoms with van der Waals surface area (Å²) in [5.41, 5.74) is 1.77. The van der Waals surface area contributed by atoms with E-state index in [1.54, 1.807) is 19.2 Å². The van der Waals surface area contributed by atoms with Crippen molar-refractivity contribution in [3.8, 4) is 5.75 Å². The molecular weight excluding hydrogens is 376 g/mol. The highest BCUT2D eigenvalue weighted by atomic mass is 32.2. The molecule has 1 saturated carbocycles. The van der Waals surface area contributed by atoms with E-state index < -0.39 is 15.9 Å². The van der Waals surface area contributed by atoms with Gasteiger partial charge in [0.1, 0.15) is 5.75 Å². The summed E-state index contributed by atoms with van der Waals surface area (Å²) >= 11 is 0. The van der Waals surface area contributed by atoms with E-state index in [1.165, 1.54) is 12.1 Å². The van der Waals surface area contributed by atoms with Gasteiger partial charge in [0.05, 0.1) is 17.7 Å². The monoisotopic (exact) mass is 402 g/mol. The molecule has 3 rings (SSSR count). The molecule has 0 spiro atoms. The molecule has 2 N–H and O–H groups in total. The van der Waals surface area contributed by atoms with Gasteiger partial charge < -0.3 is 10.1 Å². The molecule has 1 fully saturated rings. The highest BCUT2D eigenvalue weighted by molar-refractivity contribution is 7.89. The van der Waals surface area contributed by atoms with Gasteiger partial charge in [-0.15, -0.1) is 0 Å². The van der Waals surface area contributed by atoms with Crippen molar-refractivity contribution in [1.29, 1.82) is 0 Å². The largest absolute Gasteiger partial charge is 0.495 e. The molecule has 0 saturated heterocycles. The van der Waals surface area contributed by atoms with Gasteiger partial charge in [-0.1, -0.05) is 32.9 Å². The molecule has 0 atom stereocenters. The lowest BCUT2D eigenvalue weighted by molar-refractivity contribution is 0.102. The van der Waals surface area contributed by atoms with Crippen molar-refractivity contribution >= 4 is 21.6 Å².